The van der Waals surface area contributed by atoms with E-state index in [0.717, 1.165) is 64.2 Å². The Hall–Kier alpha value is -5.02. The van der Waals surface area contributed by atoms with Gasteiger partial charge in [0.25, 0.3) is 0 Å². The molecule has 2 aliphatic rings. The Balaban J connectivity index is 1.23. The maximum Gasteiger partial charge on any atom is 0.326 e. The summed E-state index contributed by atoms with van der Waals surface area (Å²) < 4.78 is 12.8. The molecule has 0 amide bonds. The molecule has 12 heteroatoms. The highest BCUT2D eigenvalue weighted by molar-refractivity contribution is 6.36. The van der Waals surface area contributed by atoms with Gasteiger partial charge in [-0.2, -0.15) is 10.2 Å². The second-order valence-corrected chi connectivity index (χ2v) is 15.1. The van der Waals surface area contributed by atoms with Crippen LogP contribution in [0.25, 0.3) is 22.3 Å². The number of benzene rings is 3. The van der Waals surface area contributed by atoms with E-state index in [4.69, 9.17) is 37.7 Å². The number of hydrogen-bond acceptors (Lipinski definition) is 9. The molecule has 2 unspecified atom stereocenters. The molecule has 3 heterocycles. The fourth-order valence-corrected chi connectivity index (χ4v) is 8.09. The van der Waals surface area contributed by atoms with Crippen molar-refractivity contribution in [1.82, 2.24) is 20.2 Å². The van der Waals surface area contributed by atoms with Gasteiger partial charge in [0.2, 0.25) is 11.8 Å². The van der Waals surface area contributed by atoms with Crippen molar-refractivity contribution in [2.24, 2.45) is 0 Å². The van der Waals surface area contributed by atoms with Gasteiger partial charge in [-0.1, -0.05) is 83.9 Å². The van der Waals surface area contributed by atoms with E-state index in [2.05, 4.69) is 64.7 Å². The first kappa shape index (κ1) is 38.3. The van der Waals surface area contributed by atoms with Gasteiger partial charge in [0.15, 0.2) is 0 Å². The number of carbonyl (C=O) groups is 1. The van der Waals surface area contributed by atoms with E-state index < -0.39 is 18.1 Å². The number of likely N-dealkylation sites (tertiary alicyclic amines) is 1. The average molecular weight is 779 g/mol. The van der Waals surface area contributed by atoms with Crippen LogP contribution >= 0.6 is 23.2 Å². The number of aliphatic carboxylic acids is 1. The van der Waals surface area contributed by atoms with Gasteiger partial charge in [-0.15, -0.1) is 0 Å². The van der Waals surface area contributed by atoms with E-state index in [0.29, 0.717) is 23.1 Å². The Morgan fingerprint density at radius 3 is 2.58 bits per heavy atom. The van der Waals surface area contributed by atoms with E-state index >= 15 is 0 Å². The molecule has 0 spiro atoms. The van der Waals surface area contributed by atoms with Gasteiger partial charge in [-0.05, 0) is 86.1 Å². The molecule has 1 saturated heterocycles. The molecule has 55 heavy (non-hydrogen) atoms. The number of aliphatic hydroxyl groups is 1. The van der Waals surface area contributed by atoms with Gasteiger partial charge >= 0.3 is 5.97 Å². The molecule has 1 aliphatic heterocycles. The molecule has 5 aromatic rings. The third kappa shape index (κ3) is 7.90. The van der Waals surface area contributed by atoms with E-state index in [-0.39, 0.29) is 42.1 Å². The number of nitriles is 1. The largest absolute Gasteiger partial charge is 0.480 e. The highest BCUT2D eigenvalue weighted by Crippen LogP contribution is 2.48. The number of halogens is 2. The molecule has 10 nitrogen and oxygen atoms in total. The lowest BCUT2D eigenvalue weighted by Crippen LogP contribution is -2.52. The Kier molecular flexibility index (Phi) is 11.4. The van der Waals surface area contributed by atoms with E-state index in [1.807, 2.05) is 24.3 Å². The lowest BCUT2D eigenvalue weighted by atomic mass is 9.87. The van der Waals surface area contributed by atoms with Crippen LogP contribution in [-0.2, 0) is 24.4 Å². The molecular weight excluding hydrogens is 737 g/mol. The number of ether oxygens (including phenoxy) is 2. The van der Waals surface area contributed by atoms with Gasteiger partial charge in [0.1, 0.15) is 29.3 Å². The zero-order valence-corrected chi connectivity index (χ0v) is 32.1. The third-order valence-corrected chi connectivity index (χ3v) is 11.3. The maximum atomic E-state index is 11.9. The summed E-state index contributed by atoms with van der Waals surface area (Å²) in [5.74, 6) is -0.902. The van der Waals surface area contributed by atoms with Crippen LogP contribution in [-0.4, -0.2) is 56.8 Å². The monoisotopic (exact) mass is 777 g/mol. The van der Waals surface area contributed by atoms with Crippen molar-refractivity contribution in [3.05, 3.63) is 129 Å². The highest BCUT2D eigenvalue weighted by Gasteiger charge is 2.34. The van der Waals surface area contributed by atoms with E-state index in [1.54, 1.807) is 18.3 Å². The Labute approximate surface area is 330 Å². The molecule has 3 aromatic carbocycles. The molecule has 282 valence electrons. The molecule has 2 aromatic heterocycles. The molecule has 1 fully saturated rings. The van der Waals surface area contributed by atoms with Gasteiger partial charge in [0.05, 0.1) is 17.2 Å². The van der Waals surface area contributed by atoms with Crippen molar-refractivity contribution in [1.29, 1.82) is 5.26 Å². The number of nitrogens with one attached hydrogen (secondary N) is 1. The van der Waals surface area contributed by atoms with Gasteiger partial charge in [0, 0.05) is 47.2 Å². The van der Waals surface area contributed by atoms with Crippen molar-refractivity contribution in [2.45, 2.75) is 63.4 Å². The zero-order chi connectivity index (χ0) is 38.7. The van der Waals surface area contributed by atoms with Crippen molar-refractivity contribution in [3.63, 3.8) is 0 Å². The van der Waals surface area contributed by atoms with Gasteiger partial charge in [-0.25, -0.2) is 0 Å². The van der Waals surface area contributed by atoms with Crippen molar-refractivity contribution in [3.8, 4) is 40.1 Å². The number of carboxylic acid groups (broad SMARTS) is 1. The normalized spacial score (nSPS) is 17.7. The minimum Gasteiger partial charge on any atom is -0.480 e. The van der Waals surface area contributed by atoms with Gasteiger partial charge in [-0.3, -0.25) is 20.0 Å². The van der Waals surface area contributed by atoms with Crippen molar-refractivity contribution >= 4 is 29.2 Å². The van der Waals surface area contributed by atoms with Crippen LogP contribution in [0.2, 0.25) is 10.0 Å². The zero-order valence-electron chi connectivity index (χ0n) is 30.6. The lowest BCUT2D eigenvalue weighted by molar-refractivity contribution is -0.145. The summed E-state index contributed by atoms with van der Waals surface area (Å²) in [5.41, 5.74) is 7.44. The highest BCUT2D eigenvalue weighted by atomic mass is 35.5. The summed E-state index contributed by atoms with van der Waals surface area (Å²) in [5, 5.41) is 32.7. The van der Waals surface area contributed by atoms with Crippen molar-refractivity contribution < 1.29 is 24.5 Å². The number of pyridine rings is 2. The summed E-state index contributed by atoms with van der Waals surface area (Å²) in [6.45, 7) is 1.77. The first-order valence-corrected chi connectivity index (χ1v) is 19.0. The molecule has 0 radical (unpaired) electrons. The van der Waals surface area contributed by atoms with Crippen LogP contribution in [0.3, 0.4) is 0 Å². The summed E-state index contributed by atoms with van der Waals surface area (Å²) in [4.78, 5) is 23.1. The van der Waals surface area contributed by atoms with E-state index in [1.165, 1.54) is 18.7 Å². The molecule has 1 aliphatic carbocycles. The first-order chi connectivity index (χ1) is 26.6. The Morgan fingerprint density at radius 1 is 1.04 bits per heavy atom. The number of fused-ring (bicyclic) bond motifs is 1. The quantitative estimate of drug-likeness (QED) is 0.107. The summed E-state index contributed by atoms with van der Waals surface area (Å²) in [7, 11) is 2.17. The number of hydrogen-bond donors (Lipinski definition) is 3. The second kappa shape index (κ2) is 16.4. The predicted molar refractivity (Wildman–Crippen MR) is 211 cm³/mol. The summed E-state index contributed by atoms with van der Waals surface area (Å²) in [6, 6.07) is 26.5. The van der Waals surface area contributed by atoms with Crippen LogP contribution in [0.15, 0.2) is 85.2 Å². The topological polar surface area (TPSA) is 141 Å². The fourth-order valence-electron chi connectivity index (χ4n) is 7.49. The van der Waals surface area contributed by atoms with Crippen molar-refractivity contribution in [2.75, 3.05) is 20.2 Å². The third-order valence-electron chi connectivity index (χ3n) is 10.6. The van der Waals surface area contributed by atoms with Crippen LogP contribution in [0, 0.1) is 11.3 Å². The van der Waals surface area contributed by atoms with Crippen LogP contribution in [0.4, 0.5) is 0 Å². The number of aromatic nitrogens is 2. The smallest absolute Gasteiger partial charge is 0.326 e. The Morgan fingerprint density at radius 2 is 1.85 bits per heavy atom. The molecular formula is C43H41Cl2N5O5. The SMILES string of the molecule is CN1CCCC1c1ccc(-c2ccccc2)c(Cl)c1-c1cccc2c1CC[C@@H]2Oc1nc(OCc2cncc(C#N)c2)c(CNC(C)(CO)C(=O)O)cc1Cl. The summed E-state index contributed by atoms with van der Waals surface area (Å²) >= 11 is 14.3. The first-order valence-electron chi connectivity index (χ1n) is 18.2. The molecule has 7 rings (SSSR count). The lowest BCUT2D eigenvalue weighted by Gasteiger charge is -2.26. The minimum atomic E-state index is -1.62. The average Bonchev–Trinajstić information content (AvgIpc) is 3.83. The van der Waals surface area contributed by atoms with Crippen LogP contribution < -0.4 is 14.8 Å². The Bertz CT molecular complexity index is 2270. The number of carboxylic acids is 1. The molecule has 0 bridgehead atoms. The number of aliphatic hydroxyl groups excluding tert-OH is 1. The predicted octanol–water partition coefficient (Wildman–Crippen LogP) is 8.33. The standard InChI is InChI=1S/C43H41Cl2N5O5/c1-43(25-51,42(52)53)48-23-29-19-35(44)41(49-40(29)54-24-27-18-26(20-46)21-47-22-27)55-37-16-15-31-32(37)10-6-11-33(31)38-34(36-12-7-17-50(36)2)14-13-30(39(38)45)28-8-4-3-5-9-28/h3-6,8-11,13-14,18-19,21-22,36-37,48,51H,7,12,15-17,23-25H2,1-2H3,(H,52,53)/t36?,37-,43?/m0/s1. The summed E-state index contributed by atoms with van der Waals surface area (Å²) in [6.07, 6.45) is 6.29. The van der Waals surface area contributed by atoms with E-state index in [9.17, 15) is 20.3 Å². The number of rotatable bonds is 13. The number of nitrogens with zero attached hydrogens (tertiary/aromatic N) is 4. The fraction of sp³-hybridized carbons (Fsp3) is 0.302. The van der Waals surface area contributed by atoms with Crippen LogP contribution in [0.5, 0.6) is 11.8 Å². The molecule has 3 atom stereocenters. The minimum absolute atomic E-state index is 0.0245. The maximum absolute atomic E-state index is 11.9. The van der Waals surface area contributed by atoms with Gasteiger partial charge < -0.3 is 19.7 Å². The second-order valence-electron chi connectivity index (χ2n) is 14.3. The van der Waals surface area contributed by atoms with Crippen LogP contribution in [0.1, 0.15) is 71.7 Å². The molecule has 3 N–H and O–H groups in total. The molecule has 0 saturated carbocycles.